The van der Waals surface area contributed by atoms with Gasteiger partial charge in [0.15, 0.2) is 0 Å². The quantitative estimate of drug-likeness (QED) is 0.125. The van der Waals surface area contributed by atoms with Crippen LogP contribution in [-0.2, 0) is 27.2 Å². The lowest BCUT2D eigenvalue weighted by Crippen LogP contribution is -2.46. The Morgan fingerprint density at radius 1 is 0.645 bits per heavy atom. The summed E-state index contributed by atoms with van der Waals surface area (Å²) in [4.78, 5) is 46.1. The van der Waals surface area contributed by atoms with Crippen LogP contribution in [0.5, 0.6) is 0 Å². The van der Waals surface area contributed by atoms with Gasteiger partial charge in [-0.15, -0.1) is 0 Å². The van der Waals surface area contributed by atoms with Gasteiger partial charge < -0.3 is 19.4 Å². The summed E-state index contributed by atoms with van der Waals surface area (Å²) in [5.74, 6) is 1.13. The molecule has 2 aliphatic rings. The number of carbonyl (C=O) groups is 3. The molecule has 9 heteroatoms. The molecule has 336 valence electrons. The number of nitrogens with zero attached hydrogens (tertiary/aromatic N) is 4. The van der Waals surface area contributed by atoms with Crippen LogP contribution in [0.1, 0.15) is 98.1 Å². The molecule has 0 N–H and O–H groups in total. The van der Waals surface area contributed by atoms with Crippen molar-refractivity contribution in [2.24, 2.45) is 11.8 Å². The number of amides is 3. The fourth-order valence-electron chi connectivity index (χ4n) is 8.19. The first kappa shape index (κ1) is 50.2. The minimum atomic E-state index is -0.488. The molecule has 8 nitrogen and oxygen atoms in total. The summed E-state index contributed by atoms with van der Waals surface area (Å²) in [7, 11) is 0. The second-order valence-corrected chi connectivity index (χ2v) is 19.4. The van der Waals surface area contributed by atoms with Crippen LogP contribution >= 0.6 is 15.9 Å². The van der Waals surface area contributed by atoms with Gasteiger partial charge in [-0.1, -0.05) is 134 Å². The molecule has 0 saturated carbocycles. The maximum Gasteiger partial charge on any atom is 0.410 e. The summed E-state index contributed by atoms with van der Waals surface area (Å²) < 4.78 is 5.49. The second kappa shape index (κ2) is 26.2. The number of likely N-dealkylation sites (tertiary alicyclic amines) is 2. The van der Waals surface area contributed by atoms with Gasteiger partial charge in [-0.05, 0) is 120 Å². The second-order valence-electron chi connectivity index (χ2n) is 17.8. The fourth-order valence-corrected chi connectivity index (χ4v) is 8.57. The van der Waals surface area contributed by atoms with Crippen molar-refractivity contribution < 1.29 is 19.1 Å². The minimum absolute atomic E-state index is 0.112. The highest BCUT2D eigenvalue weighted by molar-refractivity contribution is 9.09. The molecule has 4 aromatic rings. The van der Waals surface area contributed by atoms with Gasteiger partial charge in [0.1, 0.15) is 5.60 Å². The van der Waals surface area contributed by atoms with Gasteiger partial charge in [0, 0.05) is 67.8 Å². The number of para-hydroxylation sites is 2. The van der Waals surface area contributed by atoms with E-state index in [-0.39, 0.29) is 23.8 Å². The van der Waals surface area contributed by atoms with E-state index in [0.29, 0.717) is 42.7 Å². The maximum absolute atomic E-state index is 12.6. The normalized spacial score (nSPS) is 17.5. The first-order chi connectivity index (χ1) is 29.8. The number of hydrogen-bond acceptors (Lipinski definition) is 5. The van der Waals surface area contributed by atoms with E-state index in [4.69, 9.17) is 4.74 Å². The zero-order valence-electron chi connectivity index (χ0n) is 38.6. The highest BCUT2D eigenvalue weighted by Gasteiger charge is 2.30. The Morgan fingerprint density at radius 3 is 1.50 bits per heavy atom. The molecule has 0 spiro atoms. The Morgan fingerprint density at radius 2 is 1.06 bits per heavy atom. The summed E-state index contributed by atoms with van der Waals surface area (Å²) in [5.41, 5.74) is 4.26. The average Bonchev–Trinajstić information content (AvgIpc) is 3.28. The summed E-state index contributed by atoms with van der Waals surface area (Å²) >= 11 is 3.51. The first-order valence-electron chi connectivity index (χ1n) is 22.9. The molecule has 2 aliphatic heterocycles. The van der Waals surface area contributed by atoms with Crippen LogP contribution in [0.2, 0.25) is 0 Å². The Hall–Kier alpha value is -4.47. The summed E-state index contributed by atoms with van der Waals surface area (Å²) in [6.45, 7) is 19.0. The van der Waals surface area contributed by atoms with Gasteiger partial charge in [-0.2, -0.15) is 0 Å². The Balaban J connectivity index is 0.000000224. The van der Waals surface area contributed by atoms with E-state index >= 15 is 0 Å². The standard InChI is InChI=1S/C24H32N2O.C20H30N2O3.C9H11Br/c1-3-24(27)26(23-14-8-5-9-15-23)19-22-13-10-16-25(18-22)20(2)17-21-11-6-4-7-12-21;1-5-18(23)22(17-11-7-6-8-12-17)15-16-10-9-13-21(14-16)19(24)25-20(2,3)4;1-8(10)7-9-5-3-2-4-6-9/h4-9,11-12,14-15,20,22H,3,10,13,16-19H2,1-2H3;6-8,11-12,16H,5,9-10,13-15H2,1-4H3;2-6,8H,7H2,1H3/t20?,22-;16-;/m11./s1. The molecular weight excluding hydrogens is 837 g/mol. The summed E-state index contributed by atoms with van der Waals surface area (Å²) in [6, 6.07) is 41.7. The highest BCUT2D eigenvalue weighted by Crippen LogP contribution is 2.26. The van der Waals surface area contributed by atoms with Crippen molar-refractivity contribution in [2.75, 3.05) is 49.1 Å². The molecule has 2 fully saturated rings. The van der Waals surface area contributed by atoms with Gasteiger partial charge in [-0.25, -0.2) is 4.79 Å². The molecule has 0 bridgehead atoms. The number of anilines is 2. The van der Waals surface area contributed by atoms with E-state index in [0.717, 1.165) is 63.2 Å². The maximum atomic E-state index is 12.6. The minimum Gasteiger partial charge on any atom is -0.444 e. The molecule has 0 radical (unpaired) electrons. The molecule has 4 atom stereocenters. The number of benzene rings is 4. The average molecular weight is 910 g/mol. The topological polar surface area (TPSA) is 73.4 Å². The zero-order valence-corrected chi connectivity index (χ0v) is 40.1. The Labute approximate surface area is 382 Å². The predicted octanol–water partition coefficient (Wildman–Crippen LogP) is 11.9. The number of alkyl halides is 1. The molecule has 2 heterocycles. The first-order valence-corrected chi connectivity index (χ1v) is 23.8. The van der Waals surface area contributed by atoms with Crippen molar-refractivity contribution in [3.63, 3.8) is 0 Å². The van der Waals surface area contributed by atoms with Crippen molar-refractivity contribution in [1.29, 1.82) is 0 Å². The molecule has 62 heavy (non-hydrogen) atoms. The lowest BCUT2D eigenvalue weighted by Gasteiger charge is -2.39. The van der Waals surface area contributed by atoms with Crippen molar-refractivity contribution >= 4 is 45.2 Å². The van der Waals surface area contributed by atoms with E-state index in [1.54, 1.807) is 4.90 Å². The van der Waals surface area contributed by atoms with Gasteiger partial charge in [0.05, 0.1) is 0 Å². The molecule has 3 amide bonds. The number of piperidine rings is 2. The van der Waals surface area contributed by atoms with E-state index in [1.807, 2.05) is 111 Å². The van der Waals surface area contributed by atoms with Gasteiger partial charge in [0.25, 0.3) is 0 Å². The van der Waals surface area contributed by atoms with Crippen LogP contribution in [-0.4, -0.2) is 83.4 Å². The van der Waals surface area contributed by atoms with E-state index < -0.39 is 5.60 Å². The molecule has 2 saturated heterocycles. The van der Waals surface area contributed by atoms with Crippen molar-refractivity contribution in [1.82, 2.24) is 9.80 Å². The Bertz CT molecular complexity index is 1870. The monoisotopic (exact) mass is 908 g/mol. The molecule has 2 unspecified atom stereocenters. The predicted molar refractivity (Wildman–Crippen MR) is 261 cm³/mol. The van der Waals surface area contributed by atoms with Crippen LogP contribution in [0.3, 0.4) is 0 Å². The number of carbonyl (C=O) groups excluding carboxylic acids is 3. The van der Waals surface area contributed by atoms with Crippen LogP contribution in [0, 0.1) is 11.8 Å². The van der Waals surface area contributed by atoms with E-state index in [9.17, 15) is 14.4 Å². The molecule has 6 rings (SSSR count). The van der Waals surface area contributed by atoms with Gasteiger partial charge >= 0.3 is 6.09 Å². The third-order valence-electron chi connectivity index (χ3n) is 11.3. The Kier molecular flexibility index (Phi) is 21.2. The smallest absolute Gasteiger partial charge is 0.410 e. The number of hydrogen-bond donors (Lipinski definition) is 0. The third kappa shape index (κ3) is 17.7. The van der Waals surface area contributed by atoms with Gasteiger partial charge in [-0.3, -0.25) is 14.5 Å². The molecule has 0 aliphatic carbocycles. The summed E-state index contributed by atoms with van der Waals surface area (Å²) in [6.07, 6.45) is 7.33. The van der Waals surface area contributed by atoms with Crippen LogP contribution < -0.4 is 9.80 Å². The van der Waals surface area contributed by atoms with Crippen LogP contribution in [0.15, 0.2) is 121 Å². The third-order valence-corrected chi connectivity index (χ3v) is 11.6. The van der Waals surface area contributed by atoms with Crippen molar-refractivity contribution in [3.05, 3.63) is 132 Å². The molecule has 0 aromatic heterocycles. The fraction of sp³-hybridized carbons (Fsp3) is 0.491. The molecule has 4 aromatic carbocycles. The summed E-state index contributed by atoms with van der Waals surface area (Å²) in [5, 5.41) is 0. The van der Waals surface area contributed by atoms with E-state index in [2.05, 4.69) is 89.3 Å². The largest absolute Gasteiger partial charge is 0.444 e. The lowest BCUT2D eigenvalue weighted by atomic mass is 9.94. The van der Waals surface area contributed by atoms with Crippen molar-refractivity contribution in [3.8, 4) is 0 Å². The number of rotatable bonds is 13. The zero-order chi connectivity index (χ0) is 44.9. The highest BCUT2D eigenvalue weighted by atomic mass is 79.9. The number of ether oxygens (including phenoxy) is 1. The van der Waals surface area contributed by atoms with Crippen LogP contribution in [0.4, 0.5) is 16.2 Å². The van der Waals surface area contributed by atoms with E-state index in [1.165, 1.54) is 24.0 Å². The lowest BCUT2D eigenvalue weighted by molar-refractivity contribution is -0.119. The number of halogens is 1. The van der Waals surface area contributed by atoms with Crippen LogP contribution in [0.25, 0.3) is 0 Å². The SMILES string of the molecule is CC(Br)Cc1ccccc1.CCC(=O)N(C[C@@H]1CCCN(C(=O)OC(C)(C)C)C1)c1ccccc1.CCC(=O)N(C[C@@H]1CCCN(C(C)Cc2ccccc2)C1)c1ccccc1. The van der Waals surface area contributed by atoms with Gasteiger partial charge in [0.2, 0.25) is 11.8 Å². The van der Waals surface area contributed by atoms with Crippen molar-refractivity contribution in [2.45, 2.75) is 116 Å². The molecular formula is C53H73BrN4O4.